The number of piperazine rings is 1. The van der Waals surface area contributed by atoms with Gasteiger partial charge in [-0.2, -0.15) is 0 Å². The highest BCUT2D eigenvalue weighted by Crippen LogP contribution is 2.32. The van der Waals surface area contributed by atoms with E-state index < -0.39 is 16.8 Å². The molecule has 12 nitrogen and oxygen atoms in total. The molecule has 0 bridgehead atoms. The third kappa shape index (κ3) is 6.18. The Morgan fingerprint density at radius 2 is 1.45 bits per heavy atom. The van der Waals surface area contributed by atoms with Crippen molar-refractivity contribution in [3.05, 3.63) is 93.5 Å². The molecule has 0 saturated carbocycles. The van der Waals surface area contributed by atoms with Crippen molar-refractivity contribution in [2.45, 2.75) is 0 Å². The number of anilines is 3. The van der Waals surface area contributed by atoms with Crippen molar-refractivity contribution in [2.75, 3.05) is 74.7 Å². The van der Waals surface area contributed by atoms with Crippen LogP contribution in [0, 0.1) is 10.1 Å². The second kappa shape index (κ2) is 12.7. The molecule has 218 valence electrons. The van der Waals surface area contributed by atoms with Crippen LogP contribution in [0.4, 0.5) is 22.7 Å². The van der Waals surface area contributed by atoms with E-state index in [0.29, 0.717) is 75.1 Å². The number of nitro groups is 1. The first-order valence-electron chi connectivity index (χ1n) is 13.6. The lowest BCUT2D eigenvalue weighted by Crippen LogP contribution is -2.49. The topological polar surface area (TPSA) is 135 Å². The van der Waals surface area contributed by atoms with E-state index in [0.717, 1.165) is 0 Å². The summed E-state index contributed by atoms with van der Waals surface area (Å²) in [6.07, 6.45) is 0. The predicted molar refractivity (Wildman–Crippen MR) is 156 cm³/mol. The Hall–Kier alpha value is -4.97. The van der Waals surface area contributed by atoms with Crippen molar-refractivity contribution in [3.63, 3.8) is 0 Å². The number of rotatable bonds is 7. The van der Waals surface area contributed by atoms with Crippen LogP contribution in [0.5, 0.6) is 0 Å². The van der Waals surface area contributed by atoms with Crippen molar-refractivity contribution in [3.8, 4) is 0 Å². The van der Waals surface area contributed by atoms with Gasteiger partial charge in [0.25, 0.3) is 17.5 Å². The third-order valence-corrected chi connectivity index (χ3v) is 7.38. The fourth-order valence-electron chi connectivity index (χ4n) is 5.15. The molecule has 2 heterocycles. The number of nitro benzene ring substituents is 1. The van der Waals surface area contributed by atoms with E-state index in [9.17, 15) is 24.5 Å². The minimum Gasteiger partial charge on any atom is -0.465 e. The first-order valence-corrected chi connectivity index (χ1v) is 13.6. The van der Waals surface area contributed by atoms with Gasteiger partial charge in [-0.1, -0.05) is 18.2 Å². The number of amides is 2. The summed E-state index contributed by atoms with van der Waals surface area (Å²) < 4.78 is 10.2. The molecule has 0 aromatic heterocycles. The molecule has 3 aromatic rings. The maximum atomic E-state index is 13.4. The lowest BCUT2D eigenvalue weighted by molar-refractivity contribution is -0.384. The smallest absolute Gasteiger partial charge is 0.337 e. The van der Waals surface area contributed by atoms with Gasteiger partial charge in [-0.05, 0) is 42.5 Å². The summed E-state index contributed by atoms with van der Waals surface area (Å²) >= 11 is 0. The molecular formula is C30H31N5O7. The average molecular weight is 574 g/mol. The fourth-order valence-corrected chi connectivity index (χ4v) is 5.15. The molecule has 42 heavy (non-hydrogen) atoms. The zero-order valence-corrected chi connectivity index (χ0v) is 23.2. The van der Waals surface area contributed by atoms with E-state index in [1.54, 1.807) is 41.3 Å². The highest BCUT2D eigenvalue weighted by atomic mass is 16.6. The molecule has 2 aliphatic heterocycles. The van der Waals surface area contributed by atoms with Gasteiger partial charge >= 0.3 is 5.97 Å². The quantitative estimate of drug-likeness (QED) is 0.256. The van der Waals surface area contributed by atoms with Crippen LogP contribution in [0.15, 0.2) is 66.7 Å². The molecule has 12 heteroatoms. The maximum Gasteiger partial charge on any atom is 0.337 e. The van der Waals surface area contributed by atoms with Gasteiger partial charge in [0.2, 0.25) is 0 Å². The first kappa shape index (κ1) is 28.6. The number of hydrogen-bond acceptors (Lipinski definition) is 9. The van der Waals surface area contributed by atoms with Crippen molar-refractivity contribution in [1.29, 1.82) is 0 Å². The summed E-state index contributed by atoms with van der Waals surface area (Å²) in [5, 5.41) is 14.7. The summed E-state index contributed by atoms with van der Waals surface area (Å²) in [5.41, 5.74) is 2.22. The van der Waals surface area contributed by atoms with Crippen LogP contribution in [-0.4, -0.2) is 87.2 Å². The summed E-state index contributed by atoms with van der Waals surface area (Å²) in [6.45, 7) is 3.89. The van der Waals surface area contributed by atoms with Gasteiger partial charge in [0.15, 0.2) is 0 Å². The fraction of sp³-hybridized carbons (Fsp3) is 0.300. The Morgan fingerprint density at radius 3 is 2.12 bits per heavy atom. The largest absolute Gasteiger partial charge is 0.465 e. The first-order chi connectivity index (χ1) is 20.4. The summed E-state index contributed by atoms with van der Waals surface area (Å²) in [7, 11) is 1.27. The van der Waals surface area contributed by atoms with Gasteiger partial charge in [-0.15, -0.1) is 0 Å². The van der Waals surface area contributed by atoms with Gasteiger partial charge in [0.05, 0.1) is 42.2 Å². The molecule has 1 N–H and O–H groups in total. The number of esters is 1. The van der Waals surface area contributed by atoms with Crippen LogP contribution in [0.25, 0.3) is 0 Å². The van der Waals surface area contributed by atoms with E-state index in [-0.39, 0.29) is 22.7 Å². The van der Waals surface area contributed by atoms with Crippen molar-refractivity contribution < 1.29 is 28.8 Å². The van der Waals surface area contributed by atoms with Crippen molar-refractivity contribution >= 4 is 40.5 Å². The number of nitrogens with zero attached hydrogens (tertiary/aromatic N) is 4. The number of benzene rings is 3. The Morgan fingerprint density at radius 1 is 0.810 bits per heavy atom. The van der Waals surface area contributed by atoms with Crippen molar-refractivity contribution in [2.24, 2.45) is 0 Å². The van der Waals surface area contributed by atoms with Gasteiger partial charge in [-0.25, -0.2) is 4.79 Å². The van der Waals surface area contributed by atoms with Crippen LogP contribution < -0.4 is 15.1 Å². The van der Waals surface area contributed by atoms with Crippen LogP contribution >= 0.6 is 0 Å². The van der Waals surface area contributed by atoms with Gasteiger partial charge in [0.1, 0.15) is 5.69 Å². The van der Waals surface area contributed by atoms with Gasteiger partial charge in [-0.3, -0.25) is 19.7 Å². The summed E-state index contributed by atoms with van der Waals surface area (Å²) in [5.74, 6) is -1.18. The van der Waals surface area contributed by atoms with Crippen LogP contribution in [-0.2, 0) is 9.47 Å². The van der Waals surface area contributed by atoms with Gasteiger partial charge < -0.3 is 29.5 Å². The number of hydrogen-bond donors (Lipinski definition) is 1. The summed E-state index contributed by atoms with van der Waals surface area (Å²) in [6, 6.07) is 18.3. The monoisotopic (exact) mass is 573 g/mol. The molecule has 0 unspecified atom stereocenters. The lowest BCUT2D eigenvalue weighted by atomic mass is 10.1. The zero-order chi connectivity index (χ0) is 29.6. The van der Waals surface area contributed by atoms with E-state index >= 15 is 0 Å². The lowest BCUT2D eigenvalue weighted by Gasteiger charge is -2.37. The Kier molecular flexibility index (Phi) is 8.63. The van der Waals surface area contributed by atoms with Crippen molar-refractivity contribution in [1.82, 2.24) is 4.90 Å². The van der Waals surface area contributed by atoms with E-state index in [4.69, 9.17) is 9.47 Å². The van der Waals surface area contributed by atoms with E-state index in [1.807, 2.05) is 28.0 Å². The molecule has 5 rings (SSSR count). The average Bonchev–Trinajstić information content (AvgIpc) is 3.04. The normalized spacial score (nSPS) is 15.2. The van der Waals surface area contributed by atoms with Crippen LogP contribution in [0.1, 0.15) is 31.1 Å². The third-order valence-electron chi connectivity index (χ3n) is 7.38. The molecule has 0 spiro atoms. The number of nitrogens with one attached hydrogen (secondary N) is 1. The minimum absolute atomic E-state index is 0.0491. The predicted octanol–water partition coefficient (Wildman–Crippen LogP) is 3.43. The van der Waals surface area contributed by atoms with E-state index in [1.165, 1.54) is 19.2 Å². The molecule has 2 amide bonds. The number of carbonyl (C=O) groups excluding carboxylic acids is 3. The highest BCUT2D eigenvalue weighted by Gasteiger charge is 2.26. The molecule has 0 aliphatic carbocycles. The highest BCUT2D eigenvalue weighted by molar-refractivity contribution is 6.07. The second-order valence-electron chi connectivity index (χ2n) is 9.88. The molecule has 0 atom stereocenters. The van der Waals surface area contributed by atoms with E-state index in [2.05, 4.69) is 5.32 Å². The number of carbonyl (C=O) groups is 3. The Labute approximate surface area is 242 Å². The Balaban J connectivity index is 1.37. The molecule has 2 aliphatic rings. The molecule has 3 aromatic carbocycles. The Bertz CT molecular complexity index is 1480. The summed E-state index contributed by atoms with van der Waals surface area (Å²) in [4.78, 5) is 55.7. The molecule has 2 saturated heterocycles. The zero-order valence-electron chi connectivity index (χ0n) is 23.2. The number of ether oxygens (including phenoxy) is 2. The van der Waals surface area contributed by atoms with Crippen LogP contribution in [0.3, 0.4) is 0 Å². The standard InChI is InChI=1S/C30H31N5O7/c1-41-30(38)23-8-9-25(32-11-13-34(14-12-32)29(37)21-5-3-2-4-6-21)24(19-23)31-28(36)22-7-10-26(27(20-22)35(39)40)33-15-17-42-18-16-33/h2-10,19-20H,11-18H2,1H3,(H,31,36). The maximum absolute atomic E-state index is 13.4. The molecule has 0 radical (unpaired) electrons. The van der Waals surface area contributed by atoms with Crippen LogP contribution in [0.2, 0.25) is 0 Å². The molecule has 2 fully saturated rings. The second-order valence-corrected chi connectivity index (χ2v) is 9.88. The van der Waals surface area contributed by atoms with Gasteiger partial charge in [0, 0.05) is 56.5 Å². The minimum atomic E-state index is -0.569. The SMILES string of the molecule is COC(=O)c1ccc(N2CCN(C(=O)c3ccccc3)CC2)c(NC(=O)c2ccc(N3CCOCC3)c([N+](=O)[O-])c2)c1. The number of morpholine rings is 1. The number of methoxy groups -OCH3 is 1. The molecular weight excluding hydrogens is 542 g/mol.